The summed E-state index contributed by atoms with van der Waals surface area (Å²) in [6.07, 6.45) is 2.69. The van der Waals surface area contributed by atoms with Crippen molar-refractivity contribution in [1.82, 2.24) is 19.3 Å². The Morgan fingerprint density at radius 3 is 1.44 bits per heavy atom. The number of hydrogen-bond donors (Lipinski definition) is 2. The van der Waals surface area contributed by atoms with Crippen molar-refractivity contribution in [2.75, 3.05) is 10.9 Å². The Bertz CT molecular complexity index is 1410. The average Bonchev–Trinajstić information content (AvgIpc) is 2.95. The lowest BCUT2D eigenvalue weighted by Crippen LogP contribution is -2.35. The molecule has 2 amide bonds. The Labute approximate surface area is 222 Å². The van der Waals surface area contributed by atoms with E-state index < -0.39 is 23.6 Å². The van der Waals surface area contributed by atoms with Crippen LogP contribution in [0.25, 0.3) is 0 Å². The maximum atomic E-state index is 12.3. The zero-order chi connectivity index (χ0) is 27.5. The zero-order valence-electron chi connectivity index (χ0n) is 20.9. The van der Waals surface area contributed by atoms with Crippen LogP contribution in [0, 0.1) is 0 Å². The second-order valence-corrected chi connectivity index (χ2v) is 8.34. The summed E-state index contributed by atoms with van der Waals surface area (Å²) in [6, 6.07) is 21.5. The Morgan fingerprint density at radius 1 is 0.641 bits per heavy atom. The lowest BCUT2D eigenvalue weighted by molar-refractivity contribution is 0.150. The summed E-state index contributed by atoms with van der Waals surface area (Å²) in [7, 11) is 0. The SMILES string of the molecule is O=C(Nn1ccc(CCCc2ccn(NC(=O)OCc3ccccc3)c(=O)n2)nc1=O)OCc1ccccc1. The number of hydrogen-bond acceptors (Lipinski definition) is 8. The molecule has 12 nitrogen and oxygen atoms in total. The van der Waals surface area contributed by atoms with Crippen LogP contribution in [0.2, 0.25) is 0 Å². The van der Waals surface area contributed by atoms with Crippen molar-refractivity contribution < 1.29 is 19.1 Å². The van der Waals surface area contributed by atoms with Gasteiger partial charge in [-0.15, -0.1) is 0 Å². The molecular formula is C27H26N6O6. The minimum absolute atomic E-state index is 0.0694. The Balaban J connectivity index is 1.21. The van der Waals surface area contributed by atoms with Gasteiger partial charge in [0, 0.05) is 23.8 Å². The molecule has 0 spiro atoms. The fourth-order valence-corrected chi connectivity index (χ4v) is 3.48. The van der Waals surface area contributed by atoms with Gasteiger partial charge in [0.15, 0.2) is 0 Å². The van der Waals surface area contributed by atoms with Crippen LogP contribution in [0.15, 0.2) is 94.8 Å². The zero-order valence-corrected chi connectivity index (χ0v) is 20.9. The van der Waals surface area contributed by atoms with Crippen molar-refractivity contribution >= 4 is 12.2 Å². The van der Waals surface area contributed by atoms with E-state index in [2.05, 4.69) is 20.8 Å². The fourth-order valence-electron chi connectivity index (χ4n) is 3.48. The van der Waals surface area contributed by atoms with Gasteiger partial charge in [-0.25, -0.2) is 39.4 Å². The molecule has 0 unspecified atom stereocenters. The van der Waals surface area contributed by atoms with E-state index in [4.69, 9.17) is 9.47 Å². The van der Waals surface area contributed by atoms with Gasteiger partial charge < -0.3 is 9.47 Å². The maximum absolute atomic E-state index is 12.3. The number of aryl methyl sites for hydroxylation is 2. The summed E-state index contributed by atoms with van der Waals surface area (Å²) in [6.45, 7) is 0.139. The highest BCUT2D eigenvalue weighted by Gasteiger charge is 2.09. The van der Waals surface area contributed by atoms with Crippen molar-refractivity contribution in [3.05, 3.63) is 129 Å². The molecule has 200 valence electrons. The van der Waals surface area contributed by atoms with Crippen LogP contribution in [-0.2, 0) is 35.5 Å². The van der Waals surface area contributed by atoms with Crippen LogP contribution in [0.1, 0.15) is 28.9 Å². The number of nitrogens with zero attached hydrogens (tertiary/aromatic N) is 4. The summed E-state index contributed by atoms with van der Waals surface area (Å²) >= 11 is 0. The molecular weight excluding hydrogens is 504 g/mol. The molecule has 0 saturated carbocycles. The molecule has 39 heavy (non-hydrogen) atoms. The van der Waals surface area contributed by atoms with Crippen LogP contribution < -0.4 is 22.2 Å². The van der Waals surface area contributed by atoms with Crippen molar-refractivity contribution in [2.45, 2.75) is 32.5 Å². The summed E-state index contributed by atoms with van der Waals surface area (Å²) < 4.78 is 12.1. The molecule has 0 aliphatic rings. The van der Waals surface area contributed by atoms with Crippen LogP contribution in [0.5, 0.6) is 0 Å². The van der Waals surface area contributed by atoms with E-state index in [0.29, 0.717) is 30.7 Å². The van der Waals surface area contributed by atoms with Crippen LogP contribution in [0.4, 0.5) is 9.59 Å². The second kappa shape index (κ2) is 13.3. The van der Waals surface area contributed by atoms with Crippen molar-refractivity contribution in [3.8, 4) is 0 Å². The van der Waals surface area contributed by atoms with Gasteiger partial charge in [0.1, 0.15) is 13.2 Å². The average molecular weight is 531 g/mol. The summed E-state index contributed by atoms with van der Waals surface area (Å²) in [5, 5.41) is 0. The normalized spacial score (nSPS) is 10.5. The minimum atomic E-state index is -0.782. The number of carbonyl (C=O) groups is 2. The number of benzene rings is 2. The van der Waals surface area contributed by atoms with Gasteiger partial charge in [-0.05, 0) is 42.5 Å². The molecule has 0 atom stereocenters. The number of aromatic nitrogens is 4. The molecule has 4 aromatic rings. The predicted molar refractivity (Wildman–Crippen MR) is 141 cm³/mol. The molecule has 12 heteroatoms. The molecule has 2 heterocycles. The quantitative estimate of drug-likeness (QED) is 0.318. The molecule has 4 rings (SSSR count). The molecule has 2 aromatic heterocycles. The molecule has 2 aromatic carbocycles. The molecule has 0 bridgehead atoms. The monoisotopic (exact) mass is 530 g/mol. The van der Waals surface area contributed by atoms with E-state index in [9.17, 15) is 19.2 Å². The van der Waals surface area contributed by atoms with E-state index in [1.807, 2.05) is 60.7 Å². The van der Waals surface area contributed by atoms with E-state index in [-0.39, 0.29) is 13.2 Å². The van der Waals surface area contributed by atoms with Gasteiger partial charge in [0.05, 0.1) is 0 Å². The van der Waals surface area contributed by atoms with Gasteiger partial charge in [0.2, 0.25) is 0 Å². The van der Waals surface area contributed by atoms with E-state index in [1.54, 1.807) is 12.1 Å². The Hall–Kier alpha value is -5.26. The van der Waals surface area contributed by atoms with Crippen LogP contribution in [-0.4, -0.2) is 31.5 Å². The molecule has 2 N–H and O–H groups in total. The Morgan fingerprint density at radius 2 is 1.05 bits per heavy atom. The van der Waals surface area contributed by atoms with Gasteiger partial charge in [0.25, 0.3) is 0 Å². The van der Waals surface area contributed by atoms with Gasteiger partial charge in [-0.1, -0.05) is 60.7 Å². The highest BCUT2D eigenvalue weighted by molar-refractivity contribution is 5.76. The molecule has 0 fully saturated rings. The van der Waals surface area contributed by atoms with E-state index >= 15 is 0 Å². The molecule has 0 aliphatic carbocycles. The molecule has 0 aliphatic heterocycles. The third-order valence-corrected chi connectivity index (χ3v) is 5.44. The number of carbonyl (C=O) groups excluding carboxylic acids is 2. The first kappa shape index (κ1) is 26.8. The summed E-state index contributed by atoms with van der Waals surface area (Å²) in [4.78, 5) is 56.4. The van der Waals surface area contributed by atoms with Crippen LogP contribution in [0.3, 0.4) is 0 Å². The van der Waals surface area contributed by atoms with E-state index in [1.165, 1.54) is 12.4 Å². The first-order chi connectivity index (χ1) is 19.0. The molecule has 0 radical (unpaired) electrons. The van der Waals surface area contributed by atoms with Crippen molar-refractivity contribution in [2.24, 2.45) is 0 Å². The van der Waals surface area contributed by atoms with Gasteiger partial charge in [-0.3, -0.25) is 0 Å². The highest BCUT2D eigenvalue weighted by Crippen LogP contribution is 2.04. The third kappa shape index (κ3) is 8.39. The predicted octanol–water partition coefficient (Wildman–Crippen LogP) is 2.74. The number of amides is 2. The number of nitrogens with one attached hydrogen (secondary N) is 2. The first-order valence-corrected chi connectivity index (χ1v) is 12.1. The first-order valence-electron chi connectivity index (χ1n) is 12.1. The summed E-state index contributed by atoms with van der Waals surface area (Å²) in [5.41, 5.74) is 6.01. The minimum Gasteiger partial charge on any atom is -0.443 e. The van der Waals surface area contributed by atoms with Crippen molar-refractivity contribution in [1.29, 1.82) is 0 Å². The Kier molecular flexibility index (Phi) is 9.16. The van der Waals surface area contributed by atoms with Crippen molar-refractivity contribution in [3.63, 3.8) is 0 Å². The number of rotatable bonds is 10. The second-order valence-electron chi connectivity index (χ2n) is 8.34. The standard InChI is InChI=1S/C27H26N6O6/c34-24-28-22(14-16-32(24)30-26(36)38-18-20-8-3-1-4-9-20)12-7-13-23-15-17-33(25(35)29-23)31-27(37)39-19-21-10-5-2-6-11-21/h1-6,8-11,14-17H,7,12-13,18-19H2,(H,30,36)(H,31,37). The summed E-state index contributed by atoms with van der Waals surface area (Å²) in [5.74, 6) is 0. The van der Waals surface area contributed by atoms with Gasteiger partial charge in [-0.2, -0.15) is 9.97 Å². The lowest BCUT2D eigenvalue weighted by atomic mass is 10.1. The number of ether oxygens (including phenoxy) is 2. The fraction of sp³-hybridized carbons (Fsp3) is 0.185. The third-order valence-electron chi connectivity index (χ3n) is 5.44. The van der Waals surface area contributed by atoms with Crippen LogP contribution >= 0.6 is 0 Å². The highest BCUT2D eigenvalue weighted by atomic mass is 16.6. The molecule has 0 saturated heterocycles. The largest absolute Gasteiger partial charge is 0.443 e. The van der Waals surface area contributed by atoms with Gasteiger partial charge >= 0.3 is 23.6 Å². The topological polar surface area (TPSA) is 146 Å². The lowest BCUT2D eigenvalue weighted by Gasteiger charge is -2.10. The maximum Gasteiger partial charge on any atom is 0.426 e. The smallest absolute Gasteiger partial charge is 0.426 e. The van der Waals surface area contributed by atoms with E-state index in [0.717, 1.165) is 20.5 Å².